The van der Waals surface area contributed by atoms with Gasteiger partial charge in [0.25, 0.3) is 5.91 Å². The Balaban J connectivity index is 1.38. The highest BCUT2D eigenvalue weighted by molar-refractivity contribution is 5.94. The monoisotopic (exact) mass is 501 g/mol. The zero-order chi connectivity index (χ0) is 25.4. The second kappa shape index (κ2) is 9.52. The van der Waals surface area contributed by atoms with Crippen LogP contribution in [0.4, 0.5) is 17.6 Å². The number of amides is 1. The van der Waals surface area contributed by atoms with E-state index in [9.17, 15) is 9.59 Å². The van der Waals surface area contributed by atoms with Gasteiger partial charge < -0.3 is 20.3 Å². The fraction of sp³-hybridized carbons (Fsp3) is 0.360. The van der Waals surface area contributed by atoms with Crippen LogP contribution in [0.5, 0.6) is 0 Å². The highest BCUT2D eigenvalue weighted by Gasteiger charge is 2.31. The molecule has 12 nitrogen and oxygen atoms in total. The van der Waals surface area contributed by atoms with E-state index in [1.807, 2.05) is 18.2 Å². The topological polar surface area (TPSA) is 142 Å². The summed E-state index contributed by atoms with van der Waals surface area (Å²) in [5.41, 5.74) is 2.17. The molecule has 1 amide bonds. The molecule has 4 aromatic rings. The van der Waals surface area contributed by atoms with Gasteiger partial charge >= 0.3 is 5.97 Å². The molecule has 3 N–H and O–H groups in total. The number of H-pyrrole nitrogens is 1. The Morgan fingerprint density at radius 2 is 2.08 bits per heavy atom. The molecule has 190 valence electrons. The smallest absolute Gasteiger partial charge is 0.356 e. The first-order valence-electron chi connectivity index (χ1n) is 12.5. The lowest BCUT2D eigenvalue weighted by molar-refractivity contribution is 0.0516. The van der Waals surface area contributed by atoms with Gasteiger partial charge in [0, 0.05) is 24.8 Å². The van der Waals surface area contributed by atoms with Gasteiger partial charge in [-0.15, -0.1) is 5.10 Å². The van der Waals surface area contributed by atoms with Crippen LogP contribution in [0.1, 0.15) is 65.3 Å². The predicted octanol–water partition coefficient (Wildman–Crippen LogP) is 3.00. The van der Waals surface area contributed by atoms with E-state index in [4.69, 9.17) is 14.8 Å². The first-order valence-corrected chi connectivity index (χ1v) is 12.5. The van der Waals surface area contributed by atoms with Crippen molar-refractivity contribution in [1.29, 1.82) is 0 Å². The standard InChI is InChI=1S/C25H27N9O3/c1-2-37-24(36)20-11-10-19-22(28-21-14-17(30-31-21)23(35)27-15-8-9-15)29-25(32-34(19)20)33-13-5-7-18(33)16-6-3-4-12-26-16/h3-4,6,10-12,14-15,18H,2,5,7-9,13H2,1H3,(H,27,35)(H2,28,29,30,31,32). The molecule has 37 heavy (non-hydrogen) atoms. The summed E-state index contributed by atoms with van der Waals surface area (Å²) in [6.07, 6.45) is 5.65. The zero-order valence-electron chi connectivity index (χ0n) is 20.3. The Morgan fingerprint density at radius 3 is 2.86 bits per heavy atom. The van der Waals surface area contributed by atoms with Crippen molar-refractivity contribution in [3.63, 3.8) is 0 Å². The number of nitrogens with zero attached hydrogens (tertiary/aromatic N) is 6. The summed E-state index contributed by atoms with van der Waals surface area (Å²) in [6, 6.07) is 11.2. The van der Waals surface area contributed by atoms with Crippen molar-refractivity contribution in [2.24, 2.45) is 0 Å². The number of carbonyl (C=O) groups excluding carboxylic acids is 2. The molecular weight excluding hydrogens is 474 g/mol. The second-order valence-corrected chi connectivity index (χ2v) is 9.14. The minimum atomic E-state index is -0.473. The number of hydrogen-bond donors (Lipinski definition) is 3. The molecular formula is C25H27N9O3. The summed E-state index contributed by atoms with van der Waals surface area (Å²) in [5, 5.41) is 17.9. The summed E-state index contributed by atoms with van der Waals surface area (Å²) in [7, 11) is 0. The number of aromatic nitrogens is 6. The fourth-order valence-corrected chi connectivity index (χ4v) is 4.56. The van der Waals surface area contributed by atoms with Crippen LogP contribution < -0.4 is 15.5 Å². The Labute approximate surface area is 212 Å². The number of carbonyl (C=O) groups is 2. The highest BCUT2D eigenvalue weighted by atomic mass is 16.5. The van der Waals surface area contributed by atoms with Crippen molar-refractivity contribution < 1.29 is 14.3 Å². The SMILES string of the molecule is CCOC(=O)c1ccc2c(Nc3cc(C(=O)NC4CC4)[nH]n3)nc(N3CCCC3c3ccccn3)nn12. The Hall–Kier alpha value is -4.48. The van der Waals surface area contributed by atoms with E-state index in [2.05, 4.69) is 30.7 Å². The molecule has 4 aromatic heterocycles. The van der Waals surface area contributed by atoms with Crippen LogP contribution in [-0.2, 0) is 4.74 Å². The summed E-state index contributed by atoms with van der Waals surface area (Å²) in [5.74, 6) is 0.660. The second-order valence-electron chi connectivity index (χ2n) is 9.14. The van der Waals surface area contributed by atoms with Crippen LogP contribution in [0.25, 0.3) is 5.52 Å². The highest BCUT2D eigenvalue weighted by Crippen LogP contribution is 2.35. The number of pyridine rings is 1. The molecule has 0 radical (unpaired) electrons. The van der Waals surface area contributed by atoms with Gasteiger partial charge in [0.15, 0.2) is 17.3 Å². The molecule has 1 saturated carbocycles. The number of rotatable bonds is 8. The number of ether oxygens (including phenoxy) is 1. The van der Waals surface area contributed by atoms with Crippen LogP contribution in [0.2, 0.25) is 0 Å². The van der Waals surface area contributed by atoms with E-state index < -0.39 is 5.97 Å². The summed E-state index contributed by atoms with van der Waals surface area (Å²) < 4.78 is 6.79. The molecule has 0 bridgehead atoms. The number of fused-ring (bicyclic) bond motifs is 1. The summed E-state index contributed by atoms with van der Waals surface area (Å²) in [4.78, 5) is 36.6. The number of aromatic amines is 1. The minimum Gasteiger partial charge on any atom is -0.461 e. The molecule has 5 heterocycles. The predicted molar refractivity (Wildman–Crippen MR) is 135 cm³/mol. The van der Waals surface area contributed by atoms with E-state index in [-0.39, 0.29) is 24.6 Å². The third-order valence-corrected chi connectivity index (χ3v) is 6.50. The molecule has 2 fully saturated rings. The summed E-state index contributed by atoms with van der Waals surface area (Å²) in [6.45, 7) is 2.76. The van der Waals surface area contributed by atoms with Gasteiger partial charge in [-0.1, -0.05) is 6.07 Å². The van der Waals surface area contributed by atoms with Crippen LogP contribution in [0.15, 0.2) is 42.6 Å². The Kier molecular flexibility index (Phi) is 5.91. The van der Waals surface area contributed by atoms with E-state index >= 15 is 0 Å². The normalized spacial score (nSPS) is 17.2. The fourth-order valence-electron chi connectivity index (χ4n) is 4.56. The van der Waals surface area contributed by atoms with Crippen LogP contribution in [-0.4, -0.2) is 60.8 Å². The number of hydrogen-bond acceptors (Lipinski definition) is 9. The van der Waals surface area contributed by atoms with Gasteiger partial charge in [0.05, 0.1) is 18.3 Å². The molecule has 12 heteroatoms. The van der Waals surface area contributed by atoms with Crippen LogP contribution >= 0.6 is 0 Å². The van der Waals surface area contributed by atoms with Gasteiger partial charge in [-0.3, -0.25) is 14.9 Å². The van der Waals surface area contributed by atoms with Crippen LogP contribution in [0, 0.1) is 0 Å². The van der Waals surface area contributed by atoms with E-state index in [1.54, 1.807) is 35.8 Å². The van der Waals surface area contributed by atoms with Gasteiger partial charge in [0.1, 0.15) is 11.2 Å². The van der Waals surface area contributed by atoms with Crippen molar-refractivity contribution in [3.8, 4) is 0 Å². The average Bonchev–Trinajstić information content (AvgIpc) is 3.30. The van der Waals surface area contributed by atoms with Crippen molar-refractivity contribution in [3.05, 3.63) is 59.7 Å². The van der Waals surface area contributed by atoms with E-state index in [0.29, 0.717) is 34.5 Å². The Morgan fingerprint density at radius 1 is 1.19 bits per heavy atom. The minimum absolute atomic E-state index is 0.0104. The molecule has 1 atom stereocenters. The first-order chi connectivity index (χ1) is 18.1. The van der Waals surface area contributed by atoms with Gasteiger partial charge in [-0.05, 0) is 56.9 Å². The molecule has 1 saturated heterocycles. The van der Waals surface area contributed by atoms with Gasteiger partial charge in [0.2, 0.25) is 5.95 Å². The first kappa shape index (κ1) is 23.0. The van der Waals surface area contributed by atoms with Crippen molar-refractivity contribution in [2.75, 3.05) is 23.4 Å². The quantitative estimate of drug-likeness (QED) is 0.311. The molecule has 1 aliphatic carbocycles. The molecule has 2 aliphatic rings. The maximum Gasteiger partial charge on any atom is 0.356 e. The van der Waals surface area contributed by atoms with Crippen molar-refractivity contribution in [2.45, 2.75) is 44.7 Å². The van der Waals surface area contributed by atoms with Crippen molar-refractivity contribution >= 4 is 35.0 Å². The largest absolute Gasteiger partial charge is 0.461 e. The number of esters is 1. The third-order valence-electron chi connectivity index (χ3n) is 6.50. The van der Waals surface area contributed by atoms with E-state index in [0.717, 1.165) is 37.9 Å². The lowest BCUT2D eigenvalue weighted by Crippen LogP contribution is -2.27. The lowest BCUT2D eigenvalue weighted by atomic mass is 10.1. The number of anilines is 3. The van der Waals surface area contributed by atoms with Gasteiger partial charge in [-0.25, -0.2) is 9.31 Å². The van der Waals surface area contributed by atoms with E-state index in [1.165, 1.54) is 0 Å². The van der Waals surface area contributed by atoms with Gasteiger partial charge in [-0.2, -0.15) is 10.1 Å². The summed E-state index contributed by atoms with van der Waals surface area (Å²) >= 11 is 0. The average molecular weight is 502 g/mol. The molecule has 1 aliphatic heterocycles. The van der Waals surface area contributed by atoms with Crippen LogP contribution in [0.3, 0.4) is 0 Å². The number of nitrogens with one attached hydrogen (secondary N) is 3. The third kappa shape index (κ3) is 4.57. The molecule has 0 aromatic carbocycles. The molecule has 0 spiro atoms. The lowest BCUT2D eigenvalue weighted by Gasteiger charge is -2.24. The van der Waals surface area contributed by atoms with Crippen molar-refractivity contribution in [1.82, 2.24) is 35.1 Å². The molecule has 1 unspecified atom stereocenters. The maximum absolute atomic E-state index is 12.7. The molecule has 6 rings (SSSR count). The Bertz CT molecular complexity index is 1440. The maximum atomic E-state index is 12.7. The zero-order valence-corrected chi connectivity index (χ0v) is 20.3.